The van der Waals surface area contributed by atoms with E-state index < -0.39 is 0 Å². The lowest BCUT2D eigenvalue weighted by atomic mass is 9.87. The quantitative estimate of drug-likeness (QED) is 0.560. The molecule has 19 heavy (non-hydrogen) atoms. The summed E-state index contributed by atoms with van der Waals surface area (Å²) in [5.74, 6) is 0.929. The second-order valence-electron chi connectivity index (χ2n) is 6.01. The predicted octanol–water partition coefficient (Wildman–Crippen LogP) is 3.17. The summed E-state index contributed by atoms with van der Waals surface area (Å²) in [6, 6.07) is 8.35. The van der Waals surface area contributed by atoms with Crippen LogP contribution in [0.5, 0.6) is 5.75 Å². The molecule has 0 aromatic heterocycles. The predicted molar refractivity (Wildman–Crippen MR) is 75.8 cm³/mol. The van der Waals surface area contributed by atoms with Crippen molar-refractivity contribution in [1.29, 1.82) is 0 Å². The fraction of sp³-hybridized carbons (Fsp3) is 0.625. The van der Waals surface area contributed by atoms with Crippen molar-refractivity contribution in [2.75, 3.05) is 26.4 Å². The Bertz CT molecular complexity index is 374. The van der Waals surface area contributed by atoms with E-state index in [1.165, 1.54) is 5.56 Å². The van der Waals surface area contributed by atoms with Crippen LogP contribution in [0.2, 0.25) is 0 Å². The first kappa shape index (κ1) is 14.4. The number of ether oxygens (including phenoxy) is 3. The molecule has 0 bridgehead atoms. The van der Waals surface area contributed by atoms with Crippen LogP contribution in [-0.4, -0.2) is 32.5 Å². The van der Waals surface area contributed by atoms with Crippen molar-refractivity contribution in [2.24, 2.45) is 0 Å². The number of epoxide rings is 1. The number of hydrogen-bond donors (Lipinski definition) is 0. The highest BCUT2D eigenvalue weighted by molar-refractivity contribution is 5.31. The van der Waals surface area contributed by atoms with E-state index in [0.29, 0.717) is 12.7 Å². The molecule has 3 heteroatoms. The molecule has 1 fully saturated rings. The van der Waals surface area contributed by atoms with Gasteiger partial charge in [0.1, 0.15) is 11.9 Å². The monoisotopic (exact) mass is 264 g/mol. The molecule has 1 aliphatic rings. The van der Waals surface area contributed by atoms with Crippen LogP contribution >= 0.6 is 0 Å². The van der Waals surface area contributed by atoms with E-state index >= 15 is 0 Å². The van der Waals surface area contributed by atoms with Crippen LogP contribution in [0.1, 0.15) is 32.8 Å². The van der Waals surface area contributed by atoms with Gasteiger partial charge in [0, 0.05) is 13.0 Å². The lowest BCUT2D eigenvalue weighted by Gasteiger charge is -2.19. The van der Waals surface area contributed by atoms with E-state index in [4.69, 9.17) is 14.2 Å². The molecule has 1 atom stereocenters. The molecule has 0 spiro atoms. The van der Waals surface area contributed by atoms with E-state index in [0.717, 1.165) is 32.0 Å². The van der Waals surface area contributed by atoms with Gasteiger partial charge < -0.3 is 14.2 Å². The van der Waals surface area contributed by atoms with Crippen molar-refractivity contribution in [3.63, 3.8) is 0 Å². The van der Waals surface area contributed by atoms with Crippen molar-refractivity contribution in [1.82, 2.24) is 0 Å². The average molecular weight is 264 g/mol. The minimum absolute atomic E-state index is 0.192. The highest BCUT2D eigenvalue weighted by Crippen LogP contribution is 2.24. The molecule has 2 rings (SSSR count). The third kappa shape index (κ3) is 5.21. The first-order chi connectivity index (χ1) is 9.05. The normalized spacial score (nSPS) is 18.4. The third-order valence-electron chi connectivity index (χ3n) is 3.13. The van der Waals surface area contributed by atoms with Gasteiger partial charge in [-0.05, 0) is 23.1 Å². The van der Waals surface area contributed by atoms with Crippen molar-refractivity contribution in [3.8, 4) is 5.75 Å². The zero-order valence-electron chi connectivity index (χ0n) is 12.1. The first-order valence-corrected chi connectivity index (χ1v) is 6.98. The standard InChI is InChI=1S/C16H24O3/c1-16(2,3)13-5-7-14(8-6-13)18-10-4-9-17-11-15-12-19-15/h5-8,15H,4,9-12H2,1-3H3. The van der Waals surface area contributed by atoms with E-state index in [2.05, 4.69) is 32.9 Å². The smallest absolute Gasteiger partial charge is 0.119 e. The van der Waals surface area contributed by atoms with Crippen molar-refractivity contribution < 1.29 is 14.2 Å². The molecule has 0 amide bonds. The second-order valence-corrected chi connectivity index (χ2v) is 6.01. The second kappa shape index (κ2) is 6.40. The van der Waals surface area contributed by atoms with E-state index in [1.807, 2.05) is 12.1 Å². The summed E-state index contributed by atoms with van der Waals surface area (Å²) in [6.45, 7) is 9.65. The number of hydrogen-bond acceptors (Lipinski definition) is 3. The molecule has 0 aliphatic carbocycles. The van der Waals surface area contributed by atoms with Gasteiger partial charge in [0.25, 0.3) is 0 Å². The van der Waals surface area contributed by atoms with Gasteiger partial charge >= 0.3 is 0 Å². The van der Waals surface area contributed by atoms with Gasteiger partial charge in [0.15, 0.2) is 0 Å². The van der Waals surface area contributed by atoms with Crippen LogP contribution < -0.4 is 4.74 Å². The molecule has 106 valence electrons. The summed E-state index contributed by atoms with van der Waals surface area (Å²) >= 11 is 0. The Morgan fingerprint density at radius 3 is 2.42 bits per heavy atom. The van der Waals surface area contributed by atoms with Gasteiger partial charge in [-0.3, -0.25) is 0 Å². The molecule has 1 aromatic rings. The van der Waals surface area contributed by atoms with Crippen LogP contribution in [0.4, 0.5) is 0 Å². The highest BCUT2D eigenvalue weighted by atomic mass is 16.6. The molecular weight excluding hydrogens is 240 g/mol. The zero-order valence-corrected chi connectivity index (χ0v) is 12.1. The van der Waals surface area contributed by atoms with Gasteiger partial charge in [-0.25, -0.2) is 0 Å². The Hall–Kier alpha value is -1.06. The van der Waals surface area contributed by atoms with Crippen LogP contribution in [0.15, 0.2) is 24.3 Å². The van der Waals surface area contributed by atoms with Crippen LogP contribution in [0, 0.1) is 0 Å². The van der Waals surface area contributed by atoms with Gasteiger partial charge in [0.05, 0.1) is 19.8 Å². The Labute approximate surface area is 115 Å². The maximum atomic E-state index is 5.69. The fourth-order valence-corrected chi connectivity index (χ4v) is 1.78. The minimum atomic E-state index is 0.192. The third-order valence-corrected chi connectivity index (χ3v) is 3.13. The molecule has 1 unspecified atom stereocenters. The van der Waals surface area contributed by atoms with Gasteiger partial charge in [0.2, 0.25) is 0 Å². The molecule has 1 aromatic carbocycles. The largest absolute Gasteiger partial charge is 0.494 e. The topological polar surface area (TPSA) is 31.0 Å². The molecule has 0 N–H and O–H groups in total. The lowest BCUT2D eigenvalue weighted by molar-refractivity contribution is 0.104. The summed E-state index contributed by atoms with van der Waals surface area (Å²) in [7, 11) is 0. The Morgan fingerprint density at radius 2 is 1.84 bits per heavy atom. The van der Waals surface area contributed by atoms with Crippen LogP contribution in [0.25, 0.3) is 0 Å². The van der Waals surface area contributed by atoms with Crippen LogP contribution in [-0.2, 0) is 14.9 Å². The average Bonchev–Trinajstić information content (AvgIpc) is 3.17. The van der Waals surface area contributed by atoms with Gasteiger partial charge in [-0.1, -0.05) is 32.9 Å². The van der Waals surface area contributed by atoms with E-state index in [1.54, 1.807) is 0 Å². The number of benzene rings is 1. The van der Waals surface area contributed by atoms with E-state index in [-0.39, 0.29) is 5.41 Å². The molecule has 1 aliphatic heterocycles. The number of rotatable bonds is 7. The zero-order chi connectivity index (χ0) is 13.7. The summed E-state index contributed by atoms with van der Waals surface area (Å²) in [5, 5.41) is 0. The SMILES string of the molecule is CC(C)(C)c1ccc(OCCCOCC2CO2)cc1. The fourth-order valence-electron chi connectivity index (χ4n) is 1.78. The Kier molecular flexibility index (Phi) is 4.83. The molecule has 1 heterocycles. The minimum Gasteiger partial charge on any atom is -0.494 e. The van der Waals surface area contributed by atoms with Crippen molar-refractivity contribution in [3.05, 3.63) is 29.8 Å². The molecule has 3 nitrogen and oxygen atoms in total. The Morgan fingerprint density at radius 1 is 1.16 bits per heavy atom. The van der Waals surface area contributed by atoms with Gasteiger partial charge in [-0.2, -0.15) is 0 Å². The van der Waals surface area contributed by atoms with Crippen LogP contribution in [0.3, 0.4) is 0 Å². The summed E-state index contributed by atoms with van der Waals surface area (Å²) in [6.07, 6.45) is 1.26. The Balaban J connectivity index is 1.62. The maximum Gasteiger partial charge on any atom is 0.119 e. The van der Waals surface area contributed by atoms with Crippen molar-refractivity contribution in [2.45, 2.75) is 38.7 Å². The molecular formula is C16H24O3. The lowest BCUT2D eigenvalue weighted by Crippen LogP contribution is -2.10. The van der Waals surface area contributed by atoms with Gasteiger partial charge in [-0.15, -0.1) is 0 Å². The molecule has 0 saturated carbocycles. The summed E-state index contributed by atoms with van der Waals surface area (Å²) in [4.78, 5) is 0. The van der Waals surface area contributed by atoms with E-state index in [9.17, 15) is 0 Å². The molecule has 0 radical (unpaired) electrons. The summed E-state index contributed by atoms with van der Waals surface area (Å²) in [5.41, 5.74) is 1.52. The highest BCUT2D eigenvalue weighted by Gasteiger charge is 2.21. The van der Waals surface area contributed by atoms with Crippen molar-refractivity contribution >= 4 is 0 Å². The molecule has 1 saturated heterocycles. The summed E-state index contributed by atoms with van der Waals surface area (Å²) < 4.78 is 16.2. The first-order valence-electron chi connectivity index (χ1n) is 6.98. The maximum absolute atomic E-state index is 5.69.